The number of carbonyl (C=O) groups is 1. The van der Waals surface area contributed by atoms with Crippen LogP contribution in [0.25, 0.3) is 11.0 Å². The van der Waals surface area contributed by atoms with Crippen LogP contribution in [-0.2, 0) is 10.0 Å². The molecule has 1 aliphatic rings. The largest absolute Gasteiger partial charge is 0.353 e. The molecule has 1 amide bonds. The number of amides is 1. The molecule has 1 saturated heterocycles. The van der Waals surface area contributed by atoms with Crippen molar-refractivity contribution in [3.63, 3.8) is 0 Å². The molecule has 1 aromatic carbocycles. The number of rotatable bonds is 4. The van der Waals surface area contributed by atoms with Crippen molar-refractivity contribution < 1.29 is 26.4 Å². The summed E-state index contributed by atoms with van der Waals surface area (Å²) in [7, 11) is -4.13. The lowest BCUT2D eigenvalue weighted by atomic mass is 10.0. The van der Waals surface area contributed by atoms with Gasteiger partial charge in [0.25, 0.3) is 21.9 Å². The number of hydrogen-bond donors (Lipinski definition) is 3. The molecule has 14 heteroatoms. The van der Waals surface area contributed by atoms with Gasteiger partial charge in [0, 0.05) is 43.5 Å². The number of benzene rings is 1. The number of fused-ring (bicyclic) bond motifs is 1. The average molecular weight is 481 g/mol. The number of alkyl halides is 2. The van der Waals surface area contributed by atoms with Gasteiger partial charge >= 0.3 is 0 Å². The van der Waals surface area contributed by atoms with Gasteiger partial charge < -0.3 is 16.0 Å². The first kappa shape index (κ1) is 22.8. The molecule has 1 atom stereocenters. The lowest BCUT2D eigenvalue weighted by Gasteiger charge is -2.37. The van der Waals surface area contributed by atoms with Gasteiger partial charge in [-0.25, -0.2) is 41.7 Å². The number of nitrogens with zero attached hydrogens (tertiary/aromatic N) is 4. The van der Waals surface area contributed by atoms with E-state index in [1.807, 2.05) is 0 Å². The van der Waals surface area contributed by atoms with E-state index in [4.69, 9.17) is 10.9 Å². The minimum Gasteiger partial charge on any atom is -0.353 e. The van der Waals surface area contributed by atoms with E-state index in [0.29, 0.717) is 0 Å². The quantitative estimate of drug-likeness (QED) is 0.502. The van der Waals surface area contributed by atoms with Crippen LogP contribution in [0.1, 0.15) is 16.9 Å². The van der Waals surface area contributed by atoms with E-state index in [2.05, 4.69) is 20.3 Å². The summed E-state index contributed by atoms with van der Waals surface area (Å²) in [6, 6.07) is 4.44. The van der Waals surface area contributed by atoms with Crippen molar-refractivity contribution in [3.05, 3.63) is 48.0 Å². The van der Waals surface area contributed by atoms with Gasteiger partial charge in [0.05, 0.1) is 17.1 Å². The molecule has 33 heavy (non-hydrogen) atoms. The Hall–Kier alpha value is -3.36. The number of carbonyl (C=O) groups excluding carboxylic acids is 1. The van der Waals surface area contributed by atoms with Crippen LogP contribution in [0.3, 0.4) is 0 Å². The van der Waals surface area contributed by atoms with Crippen molar-refractivity contribution in [2.24, 2.45) is 10.9 Å². The zero-order valence-electron chi connectivity index (χ0n) is 16.9. The zero-order valence-corrected chi connectivity index (χ0v) is 17.7. The fourth-order valence-corrected chi connectivity index (χ4v) is 3.85. The highest BCUT2D eigenvalue weighted by Gasteiger charge is 2.43. The third-order valence-electron chi connectivity index (χ3n) is 5.08. The molecular formula is C19H18F3N7O3S. The molecule has 0 aliphatic carbocycles. The number of piperidine rings is 1. The van der Waals surface area contributed by atoms with Crippen molar-refractivity contribution in [2.45, 2.75) is 23.4 Å². The number of halogens is 3. The van der Waals surface area contributed by atoms with E-state index in [0.717, 1.165) is 24.4 Å². The lowest BCUT2D eigenvalue weighted by Crippen LogP contribution is -2.55. The number of hydrogen-bond acceptors (Lipinski definition) is 8. The van der Waals surface area contributed by atoms with Gasteiger partial charge in [0.2, 0.25) is 0 Å². The summed E-state index contributed by atoms with van der Waals surface area (Å²) >= 11 is 0. The highest BCUT2D eigenvalue weighted by Crippen LogP contribution is 2.31. The highest BCUT2D eigenvalue weighted by atomic mass is 32.2. The number of anilines is 2. The van der Waals surface area contributed by atoms with Crippen molar-refractivity contribution >= 4 is 38.5 Å². The van der Waals surface area contributed by atoms with Crippen LogP contribution in [0.2, 0.25) is 0 Å². The van der Waals surface area contributed by atoms with Crippen LogP contribution in [0.5, 0.6) is 0 Å². The molecule has 3 aromatic rings. The molecule has 174 valence electrons. The molecule has 4 rings (SSSR count). The predicted octanol–water partition coefficient (Wildman–Crippen LogP) is 1.24. The summed E-state index contributed by atoms with van der Waals surface area (Å²) < 4.78 is 64.5. The molecule has 0 radical (unpaired) electrons. The third-order valence-corrected chi connectivity index (χ3v) is 5.89. The number of pyridine rings is 1. The maximum absolute atomic E-state index is 13.9. The second-order valence-electron chi connectivity index (χ2n) is 7.47. The fraction of sp³-hybridized carbons (Fsp3) is 0.263. The van der Waals surface area contributed by atoms with Crippen LogP contribution in [0.15, 0.2) is 41.6 Å². The van der Waals surface area contributed by atoms with Gasteiger partial charge in [-0.05, 0) is 18.2 Å². The fourth-order valence-electron chi connectivity index (χ4n) is 3.35. The van der Waals surface area contributed by atoms with Gasteiger partial charge in [0.15, 0.2) is 16.5 Å². The van der Waals surface area contributed by atoms with Gasteiger partial charge in [-0.1, -0.05) is 0 Å². The molecular weight excluding hydrogens is 463 g/mol. The molecule has 10 nitrogen and oxygen atoms in total. The van der Waals surface area contributed by atoms with Crippen molar-refractivity contribution in [3.8, 4) is 0 Å². The van der Waals surface area contributed by atoms with E-state index in [-0.39, 0.29) is 41.3 Å². The number of nitrogens with one attached hydrogen (secondary N) is 1. The van der Waals surface area contributed by atoms with Gasteiger partial charge in [0.1, 0.15) is 5.82 Å². The Bertz CT molecular complexity index is 1350. The highest BCUT2D eigenvalue weighted by molar-refractivity contribution is 7.89. The van der Waals surface area contributed by atoms with Crippen molar-refractivity contribution in [2.75, 3.05) is 23.3 Å². The van der Waals surface area contributed by atoms with E-state index < -0.39 is 45.2 Å². The minimum absolute atomic E-state index is 0.0155. The average Bonchev–Trinajstić information content (AvgIpc) is 2.74. The zero-order chi connectivity index (χ0) is 24.0. The van der Waals surface area contributed by atoms with Crippen LogP contribution in [0.4, 0.5) is 24.7 Å². The first-order valence-electron chi connectivity index (χ1n) is 9.60. The molecule has 3 heterocycles. The van der Waals surface area contributed by atoms with E-state index in [9.17, 15) is 26.4 Å². The first-order valence-corrected chi connectivity index (χ1v) is 11.1. The molecule has 0 unspecified atom stereocenters. The number of primary sulfonamides is 1. The van der Waals surface area contributed by atoms with Crippen LogP contribution < -0.4 is 21.1 Å². The van der Waals surface area contributed by atoms with E-state index >= 15 is 0 Å². The number of aromatic nitrogens is 3. The first-order chi connectivity index (χ1) is 15.4. The van der Waals surface area contributed by atoms with Gasteiger partial charge in [-0.3, -0.25) is 4.79 Å². The SMILES string of the molecule is N[C@@H]1CN(c2nc3ccc(F)cc3nc2C(=O)Nc2ccnc(S(N)(=O)=O)c2)CCC1(F)F. The monoisotopic (exact) mass is 481 g/mol. The van der Waals surface area contributed by atoms with E-state index in [1.165, 1.54) is 17.0 Å². The summed E-state index contributed by atoms with van der Waals surface area (Å²) in [6.45, 7) is -0.438. The van der Waals surface area contributed by atoms with Crippen LogP contribution in [-0.4, -0.2) is 54.3 Å². The summed E-state index contributed by atoms with van der Waals surface area (Å²) in [5.74, 6) is -4.53. The Morgan fingerprint density at radius 3 is 2.64 bits per heavy atom. The summed E-state index contributed by atoms with van der Waals surface area (Å²) in [5.41, 5.74) is 5.68. The molecule has 5 N–H and O–H groups in total. The Labute approximate surface area is 185 Å². The molecule has 1 aliphatic heterocycles. The minimum atomic E-state index is -4.13. The third kappa shape index (κ3) is 4.72. The summed E-state index contributed by atoms with van der Waals surface area (Å²) in [4.78, 5) is 26.6. The smallest absolute Gasteiger partial charge is 0.278 e. The predicted molar refractivity (Wildman–Crippen MR) is 113 cm³/mol. The molecule has 2 aromatic heterocycles. The summed E-state index contributed by atoms with van der Waals surface area (Å²) in [5, 5.41) is 7.04. The maximum atomic E-state index is 13.9. The molecule has 0 bridgehead atoms. The topological polar surface area (TPSA) is 157 Å². The van der Waals surface area contributed by atoms with Crippen LogP contribution >= 0.6 is 0 Å². The second-order valence-corrected chi connectivity index (χ2v) is 8.98. The normalized spacial score (nSPS) is 18.3. The standard InChI is InChI=1S/C19H18F3N7O3S/c20-10-1-2-12-13(7-10)27-16(17(28-12)29-6-4-19(21,22)14(23)9-29)18(30)26-11-3-5-25-15(8-11)33(24,31)32/h1-3,5,7-8,14H,4,6,9,23H2,(H2,24,31,32)(H,25,26,30)/t14-/m1/s1. The lowest BCUT2D eigenvalue weighted by molar-refractivity contribution is -0.0394. The van der Waals surface area contributed by atoms with Crippen molar-refractivity contribution in [1.29, 1.82) is 0 Å². The maximum Gasteiger partial charge on any atom is 0.278 e. The Morgan fingerprint density at radius 1 is 1.18 bits per heavy atom. The Kier molecular flexibility index (Phi) is 5.67. The van der Waals surface area contributed by atoms with Gasteiger partial charge in [-0.2, -0.15) is 0 Å². The number of sulfonamides is 1. The second kappa shape index (κ2) is 8.20. The Morgan fingerprint density at radius 2 is 1.94 bits per heavy atom. The Balaban J connectivity index is 1.75. The molecule has 0 spiro atoms. The summed E-state index contributed by atoms with van der Waals surface area (Å²) in [6.07, 6.45) is 0.573. The van der Waals surface area contributed by atoms with E-state index in [1.54, 1.807) is 0 Å². The van der Waals surface area contributed by atoms with Crippen LogP contribution in [0, 0.1) is 5.82 Å². The van der Waals surface area contributed by atoms with Gasteiger partial charge in [-0.15, -0.1) is 0 Å². The molecule has 0 saturated carbocycles. The molecule has 1 fully saturated rings. The number of nitrogens with two attached hydrogens (primary N) is 2. The van der Waals surface area contributed by atoms with Crippen molar-refractivity contribution in [1.82, 2.24) is 15.0 Å².